The van der Waals surface area contributed by atoms with Crippen LogP contribution in [0.15, 0.2) is 0 Å². The first kappa shape index (κ1) is 14.4. The third-order valence-electron chi connectivity index (χ3n) is 4.06. The Kier molecular flexibility index (Phi) is 8.40. The SMILES string of the molecule is CCC(CCCNCCS)C1CCCCC1. The van der Waals surface area contributed by atoms with E-state index in [0.29, 0.717) is 0 Å². The van der Waals surface area contributed by atoms with Crippen molar-refractivity contribution in [1.29, 1.82) is 0 Å². The standard InChI is InChI=1S/C14H29NS/c1-2-13(9-6-10-15-11-12-16)14-7-4-3-5-8-14/h13-16H,2-12H2,1H3. The van der Waals surface area contributed by atoms with Crippen molar-refractivity contribution in [3.8, 4) is 0 Å². The molecule has 16 heavy (non-hydrogen) atoms. The summed E-state index contributed by atoms with van der Waals surface area (Å²) in [6, 6.07) is 0. The lowest BCUT2D eigenvalue weighted by Gasteiger charge is -2.29. The second-order valence-electron chi connectivity index (χ2n) is 5.18. The highest BCUT2D eigenvalue weighted by Crippen LogP contribution is 2.33. The molecule has 1 fully saturated rings. The number of thiol groups is 1. The lowest BCUT2D eigenvalue weighted by molar-refractivity contribution is 0.226. The molecular weight excluding hydrogens is 214 g/mol. The van der Waals surface area contributed by atoms with Gasteiger partial charge in [0.1, 0.15) is 0 Å². The highest BCUT2D eigenvalue weighted by atomic mass is 32.1. The van der Waals surface area contributed by atoms with E-state index in [4.69, 9.17) is 0 Å². The van der Waals surface area contributed by atoms with Crippen LogP contribution in [0.25, 0.3) is 0 Å². The summed E-state index contributed by atoms with van der Waals surface area (Å²) in [4.78, 5) is 0. The Labute approximate surface area is 107 Å². The normalized spacial score (nSPS) is 19.9. The first-order chi connectivity index (χ1) is 7.88. The van der Waals surface area contributed by atoms with Gasteiger partial charge in [-0.05, 0) is 31.2 Å². The fraction of sp³-hybridized carbons (Fsp3) is 1.00. The summed E-state index contributed by atoms with van der Waals surface area (Å²) in [5.74, 6) is 3.00. The molecule has 1 rings (SSSR count). The Morgan fingerprint density at radius 3 is 2.56 bits per heavy atom. The van der Waals surface area contributed by atoms with Crippen LogP contribution < -0.4 is 5.32 Å². The molecule has 1 N–H and O–H groups in total. The molecule has 1 unspecified atom stereocenters. The van der Waals surface area contributed by atoms with E-state index in [9.17, 15) is 0 Å². The summed E-state index contributed by atoms with van der Waals surface area (Å²) in [7, 11) is 0. The summed E-state index contributed by atoms with van der Waals surface area (Å²) in [5.41, 5.74) is 0. The topological polar surface area (TPSA) is 12.0 Å². The molecule has 0 amide bonds. The molecule has 2 heteroatoms. The van der Waals surface area contributed by atoms with Gasteiger partial charge in [0.05, 0.1) is 0 Å². The summed E-state index contributed by atoms with van der Waals surface area (Å²) < 4.78 is 0. The van der Waals surface area contributed by atoms with Crippen LogP contribution in [0.1, 0.15) is 58.3 Å². The average Bonchev–Trinajstić information content (AvgIpc) is 2.35. The van der Waals surface area contributed by atoms with E-state index in [2.05, 4.69) is 24.9 Å². The average molecular weight is 243 g/mol. The monoisotopic (exact) mass is 243 g/mol. The van der Waals surface area contributed by atoms with Crippen LogP contribution in [0.4, 0.5) is 0 Å². The van der Waals surface area contributed by atoms with Gasteiger partial charge in [-0.15, -0.1) is 0 Å². The van der Waals surface area contributed by atoms with Crippen molar-refractivity contribution in [3.05, 3.63) is 0 Å². The van der Waals surface area contributed by atoms with Gasteiger partial charge in [-0.1, -0.05) is 45.4 Å². The third-order valence-corrected chi connectivity index (χ3v) is 4.28. The van der Waals surface area contributed by atoms with Crippen molar-refractivity contribution in [1.82, 2.24) is 5.32 Å². The predicted molar refractivity (Wildman–Crippen MR) is 76.3 cm³/mol. The lowest BCUT2D eigenvalue weighted by atomic mass is 9.77. The first-order valence-corrected chi connectivity index (χ1v) is 7.83. The quantitative estimate of drug-likeness (QED) is 0.487. The second-order valence-corrected chi connectivity index (χ2v) is 5.63. The number of hydrogen-bond donors (Lipinski definition) is 2. The smallest absolute Gasteiger partial charge is 0.00397 e. The summed E-state index contributed by atoms with van der Waals surface area (Å²) in [6.07, 6.45) is 11.6. The molecule has 1 atom stereocenters. The van der Waals surface area contributed by atoms with Gasteiger partial charge in [-0.25, -0.2) is 0 Å². The molecular formula is C14H29NS. The molecule has 0 aromatic rings. The van der Waals surface area contributed by atoms with Crippen LogP contribution in [-0.4, -0.2) is 18.8 Å². The van der Waals surface area contributed by atoms with E-state index >= 15 is 0 Å². The van der Waals surface area contributed by atoms with Crippen molar-refractivity contribution < 1.29 is 0 Å². The zero-order chi connectivity index (χ0) is 11.6. The second kappa shape index (κ2) is 9.35. The van der Waals surface area contributed by atoms with Gasteiger partial charge < -0.3 is 5.32 Å². The zero-order valence-electron chi connectivity index (χ0n) is 10.9. The van der Waals surface area contributed by atoms with Crippen molar-refractivity contribution in [2.75, 3.05) is 18.8 Å². The zero-order valence-corrected chi connectivity index (χ0v) is 11.8. The van der Waals surface area contributed by atoms with Gasteiger partial charge in [0.2, 0.25) is 0 Å². The van der Waals surface area contributed by atoms with Crippen molar-refractivity contribution in [2.24, 2.45) is 11.8 Å². The fourth-order valence-corrected chi connectivity index (χ4v) is 3.23. The molecule has 0 aromatic heterocycles. The molecule has 0 aliphatic heterocycles. The van der Waals surface area contributed by atoms with Gasteiger partial charge in [0, 0.05) is 12.3 Å². The van der Waals surface area contributed by atoms with E-state index in [1.807, 2.05) is 0 Å². The highest BCUT2D eigenvalue weighted by molar-refractivity contribution is 7.80. The lowest BCUT2D eigenvalue weighted by Crippen LogP contribution is -2.21. The van der Waals surface area contributed by atoms with E-state index in [1.54, 1.807) is 0 Å². The maximum absolute atomic E-state index is 4.20. The van der Waals surface area contributed by atoms with Crippen LogP contribution in [-0.2, 0) is 0 Å². The van der Waals surface area contributed by atoms with Crippen LogP contribution >= 0.6 is 12.6 Å². The molecule has 0 saturated heterocycles. The first-order valence-electron chi connectivity index (χ1n) is 7.20. The molecule has 1 nitrogen and oxygen atoms in total. The van der Waals surface area contributed by atoms with Crippen molar-refractivity contribution in [2.45, 2.75) is 58.3 Å². The van der Waals surface area contributed by atoms with Gasteiger partial charge in [0.15, 0.2) is 0 Å². The molecule has 1 saturated carbocycles. The minimum Gasteiger partial charge on any atom is -0.316 e. The number of rotatable bonds is 8. The van der Waals surface area contributed by atoms with Gasteiger partial charge >= 0.3 is 0 Å². The molecule has 1 aliphatic rings. The largest absolute Gasteiger partial charge is 0.316 e. The molecule has 0 radical (unpaired) electrons. The molecule has 1 aliphatic carbocycles. The van der Waals surface area contributed by atoms with Gasteiger partial charge in [0.25, 0.3) is 0 Å². The molecule has 0 aromatic carbocycles. The van der Waals surface area contributed by atoms with Crippen LogP contribution in [0.3, 0.4) is 0 Å². The van der Waals surface area contributed by atoms with E-state index < -0.39 is 0 Å². The van der Waals surface area contributed by atoms with Gasteiger partial charge in [-0.3, -0.25) is 0 Å². The molecule has 0 bridgehead atoms. The van der Waals surface area contributed by atoms with Gasteiger partial charge in [-0.2, -0.15) is 12.6 Å². The Hall–Kier alpha value is 0.310. The summed E-state index contributed by atoms with van der Waals surface area (Å²) in [6.45, 7) is 4.62. The number of nitrogens with one attached hydrogen (secondary N) is 1. The van der Waals surface area contributed by atoms with Crippen LogP contribution in [0, 0.1) is 11.8 Å². The number of hydrogen-bond acceptors (Lipinski definition) is 2. The third kappa shape index (κ3) is 5.58. The van der Waals surface area contributed by atoms with Crippen molar-refractivity contribution in [3.63, 3.8) is 0 Å². The predicted octanol–water partition coefficient (Wildman–Crippen LogP) is 3.89. The van der Waals surface area contributed by atoms with E-state index in [1.165, 1.54) is 57.9 Å². The maximum Gasteiger partial charge on any atom is 0.00397 e. The minimum atomic E-state index is 0.958. The van der Waals surface area contributed by atoms with Crippen LogP contribution in [0.2, 0.25) is 0 Å². The Morgan fingerprint density at radius 1 is 1.19 bits per heavy atom. The Bertz CT molecular complexity index is 155. The van der Waals surface area contributed by atoms with Crippen LogP contribution in [0.5, 0.6) is 0 Å². The maximum atomic E-state index is 4.20. The fourth-order valence-electron chi connectivity index (χ4n) is 3.07. The Morgan fingerprint density at radius 2 is 1.94 bits per heavy atom. The molecule has 96 valence electrons. The van der Waals surface area contributed by atoms with Crippen molar-refractivity contribution >= 4 is 12.6 Å². The Balaban J connectivity index is 2.10. The molecule has 0 spiro atoms. The van der Waals surface area contributed by atoms with E-state index in [-0.39, 0.29) is 0 Å². The molecule has 0 heterocycles. The minimum absolute atomic E-state index is 0.958. The van der Waals surface area contributed by atoms with E-state index in [0.717, 1.165) is 24.1 Å². The summed E-state index contributed by atoms with van der Waals surface area (Å²) >= 11 is 4.20. The summed E-state index contributed by atoms with van der Waals surface area (Å²) in [5, 5.41) is 3.44. The highest BCUT2D eigenvalue weighted by Gasteiger charge is 2.21.